The third-order valence-electron chi connectivity index (χ3n) is 2.12. The monoisotopic (exact) mass is 203 g/mol. The van der Waals surface area contributed by atoms with E-state index in [1.807, 2.05) is 37.3 Å². The van der Waals surface area contributed by atoms with Crippen LogP contribution in [-0.2, 0) is 6.54 Å². The van der Waals surface area contributed by atoms with Crippen molar-refractivity contribution >= 4 is 0 Å². The van der Waals surface area contributed by atoms with Crippen LogP contribution in [0.2, 0.25) is 0 Å². The van der Waals surface area contributed by atoms with Crippen LogP contribution in [0, 0.1) is 6.92 Å². The molecular formula is C11H13N3O. The molecule has 2 rings (SSSR count). The fraction of sp³-hybridized carbons (Fsp3) is 0.273. The second-order valence-corrected chi connectivity index (χ2v) is 3.30. The molecule has 4 heteroatoms. The molecule has 0 fully saturated rings. The third-order valence-corrected chi connectivity index (χ3v) is 2.12. The predicted octanol–water partition coefficient (Wildman–Crippen LogP) is 1.25. The minimum absolute atomic E-state index is 0.0721. The summed E-state index contributed by atoms with van der Waals surface area (Å²) in [6.45, 7) is 2.40. The molecule has 15 heavy (non-hydrogen) atoms. The fourth-order valence-electron chi connectivity index (χ4n) is 1.51. The van der Waals surface area contributed by atoms with Gasteiger partial charge in [0.25, 0.3) is 0 Å². The zero-order chi connectivity index (χ0) is 10.7. The number of rotatable bonds is 3. The summed E-state index contributed by atoms with van der Waals surface area (Å²) in [6.07, 6.45) is 0. The summed E-state index contributed by atoms with van der Waals surface area (Å²) < 4.78 is 1.73. The van der Waals surface area contributed by atoms with E-state index in [0.29, 0.717) is 6.54 Å². The quantitative estimate of drug-likeness (QED) is 0.816. The lowest BCUT2D eigenvalue weighted by Crippen LogP contribution is -2.06. The van der Waals surface area contributed by atoms with Gasteiger partial charge in [-0.2, -0.15) is 5.10 Å². The highest BCUT2D eigenvalue weighted by molar-refractivity contribution is 5.54. The highest BCUT2D eigenvalue weighted by Gasteiger charge is 2.08. The summed E-state index contributed by atoms with van der Waals surface area (Å²) in [6, 6.07) is 9.85. The van der Waals surface area contributed by atoms with E-state index in [1.54, 1.807) is 4.68 Å². The molecule has 0 aliphatic carbocycles. The molecule has 1 N–H and O–H groups in total. The lowest BCUT2D eigenvalue weighted by Gasteiger charge is -2.02. The van der Waals surface area contributed by atoms with E-state index in [1.165, 1.54) is 0 Å². The minimum Gasteiger partial charge on any atom is -0.394 e. The van der Waals surface area contributed by atoms with Crippen molar-refractivity contribution in [3.05, 3.63) is 36.2 Å². The predicted molar refractivity (Wildman–Crippen MR) is 57.3 cm³/mol. The smallest absolute Gasteiger partial charge is 0.158 e. The Kier molecular flexibility index (Phi) is 2.78. The van der Waals surface area contributed by atoms with Gasteiger partial charge in [0.15, 0.2) is 5.82 Å². The molecule has 0 amide bonds. The van der Waals surface area contributed by atoms with Crippen molar-refractivity contribution in [3.8, 4) is 11.4 Å². The van der Waals surface area contributed by atoms with Crippen LogP contribution in [0.15, 0.2) is 30.3 Å². The first-order valence-corrected chi connectivity index (χ1v) is 4.89. The Hall–Kier alpha value is -1.68. The van der Waals surface area contributed by atoms with Crippen molar-refractivity contribution in [2.45, 2.75) is 13.5 Å². The molecule has 1 aromatic carbocycles. The molecule has 0 bridgehead atoms. The van der Waals surface area contributed by atoms with Crippen molar-refractivity contribution in [2.75, 3.05) is 6.61 Å². The van der Waals surface area contributed by atoms with E-state index in [9.17, 15) is 0 Å². The molecule has 0 unspecified atom stereocenters. The first kappa shape index (κ1) is 9.86. The molecular weight excluding hydrogens is 190 g/mol. The molecule has 0 spiro atoms. The van der Waals surface area contributed by atoms with Crippen molar-refractivity contribution < 1.29 is 5.11 Å². The Labute approximate surface area is 88.2 Å². The second kappa shape index (κ2) is 4.23. The number of aryl methyl sites for hydroxylation is 1. The van der Waals surface area contributed by atoms with E-state index in [2.05, 4.69) is 10.1 Å². The Morgan fingerprint density at radius 1 is 1.27 bits per heavy atom. The van der Waals surface area contributed by atoms with Crippen molar-refractivity contribution in [1.82, 2.24) is 14.8 Å². The van der Waals surface area contributed by atoms with E-state index in [4.69, 9.17) is 5.11 Å². The van der Waals surface area contributed by atoms with E-state index in [-0.39, 0.29) is 6.61 Å². The van der Waals surface area contributed by atoms with Gasteiger partial charge in [-0.15, -0.1) is 0 Å². The summed E-state index contributed by atoms with van der Waals surface area (Å²) in [5.41, 5.74) is 1.02. The van der Waals surface area contributed by atoms with Gasteiger partial charge in [-0.25, -0.2) is 9.67 Å². The molecule has 0 radical (unpaired) electrons. The lowest BCUT2D eigenvalue weighted by molar-refractivity contribution is 0.270. The van der Waals surface area contributed by atoms with Crippen LogP contribution in [0.5, 0.6) is 0 Å². The highest BCUT2D eigenvalue weighted by Crippen LogP contribution is 2.16. The molecule has 0 saturated heterocycles. The van der Waals surface area contributed by atoms with Crippen LogP contribution in [-0.4, -0.2) is 26.5 Å². The van der Waals surface area contributed by atoms with Gasteiger partial charge in [0.1, 0.15) is 5.82 Å². The largest absolute Gasteiger partial charge is 0.394 e. The third kappa shape index (κ3) is 2.05. The number of hydrogen-bond donors (Lipinski definition) is 1. The number of benzene rings is 1. The van der Waals surface area contributed by atoms with E-state index >= 15 is 0 Å². The lowest BCUT2D eigenvalue weighted by atomic mass is 10.2. The number of hydrogen-bond acceptors (Lipinski definition) is 3. The maximum Gasteiger partial charge on any atom is 0.158 e. The number of aliphatic hydroxyl groups is 1. The average molecular weight is 203 g/mol. The molecule has 0 atom stereocenters. The maximum absolute atomic E-state index is 8.91. The van der Waals surface area contributed by atoms with Crippen molar-refractivity contribution in [3.63, 3.8) is 0 Å². The normalized spacial score (nSPS) is 10.5. The number of aliphatic hydroxyl groups excluding tert-OH is 1. The second-order valence-electron chi connectivity index (χ2n) is 3.30. The summed E-state index contributed by atoms with van der Waals surface area (Å²) in [4.78, 5) is 4.34. The van der Waals surface area contributed by atoms with E-state index in [0.717, 1.165) is 17.2 Å². The van der Waals surface area contributed by atoms with E-state index < -0.39 is 0 Å². The van der Waals surface area contributed by atoms with Crippen LogP contribution in [0.3, 0.4) is 0 Å². The summed E-state index contributed by atoms with van der Waals surface area (Å²) >= 11 is 0. The summed E-state index contributed by atoms with van der Waals surface area (Å²) in [5, 5.41) is 13.1. The molecule has 78 valence electrons. The minimum atomic E-state index is 0.0721. The van der Waals surface area contributed by atoms with Gasteiger partial charge in [0.2, 0.25) is 0 Å². The maximum atomic E-state index is 8.91. The van der Waals surface area contributed by atoms with Gasteiger partial charge in [-0.3, -0.25) is 0 Å². The van der Waals surface area contributed by atoms with Gasteiger partial charge in [0.05, 0.1) is 13.2 Å². The molecule has 2 aromatic rings. The zero-order valence-corrected chi connectivity index (χ0v) is 8.59. The highest BCUT2D eigenvalue weighted by atomic mass is 16.3. The SMILES string of the molecule is Cc1nc(-c2ccccc2)n(CCO)n1. The first-order valence-electron chi connectivity index (χ1n) is 4.89. The average Bonchev–Trinajstić information content (AvgIpc) is 2.62. The fourth-order valence-corrected chi connectivity index (χ4v) is 1.51. The molecule has 1 aromatic heterocycles. The molecule has 0 aliphatic heterocycles. The van der Waals surface area contributed by atoms with Crippen LogP contribution >= 0.6 is 0 Å². The van der Waals surface area contributed by atoms with Crippen LogP contribution < -0.4 is 0 Å². The van der Waals surface area contributed by atoms with Gasteiger partial charge in [0, 0.05) is 5.56 Å². The Morgan fingerprint density at radius 2 is 2.00 bits per heavy atom. The molecule has 1 heterocycles. The van der Waals surface area contributed by atoms with Gasteiger partial charge in [-0.1, -0.05) is 30.3 Å². The molecule has 0 aliphatic rings. The van der Waals surface area contributed by atoms with Crippen molar-refractivity contribution in [1.29, 1.82) is 0 Å². The topological polar surface area (TPSA) is 50.9 Å². The summed E-state index contributed by atoms with van der Waals surface area (Å²) in [7, 11) is 0. The van der Waals surface area contributed by atoms with Crippen molar-refractivity contribution in [2.24, 2.45) is 0 Å². The Morgan fingerprint density at radius 3 is 2.67 bits per heavy atom. The van der Waals surface area contributed by atoms with Gasteiger partial charge < -0.3 is 5.11 Å². The van der Waals surface area contributed by atoms with Crippen LogP contribution in [0.4, 0.5) is 0 Å². The number of nitrogens with zero attached hydrogens (tertiary/aromatic N) is 3. The van der Waals surface area contributed by atoms with Crippen LogP contribution in [0.25, 0.3) is 11.4 Å². The molecule has 0 saturated carbocycles. The van der Waals surface area contributed by atoms with Gasteiger partial charge in [-0.05, 0) is 6.92 Å². The number of aromatic nitrogens is 3. The Balaban J connectivity index is 2.43. The standard InChI is InChI=1S/C11H13N3O/c1-9-12-11(14(13-9)7-8-15)10-5-3-2-4-6-10/h2-6,15H,7-8H2,1H3. The van der Waals surface area contributed by atoms with Gasteiger partial charge >= 0.3 is 0 Å². The molecule has 4 nitrogen and oxygen atoms in total. The summed E-state index contributed by atoms with van der Waals surface area (Å²) in [5.74, 6) is 1.53. The zero-order valence-electron chi connectivity index (χ0n) is 8.59. The first-order chi connectivity index (χ1) is 7.31. The Bertz CT molecular complexity index is 436. The van der Waals surface area contributed by atoms with Crippen LogP contribution in [0.1, 0.15) is 5.82 Å².